The lowest BCUT2D eigenvalue weighted by Gasteiger charge is -2.44. The van der Waals surface area contributed by atoms with Gasteiger partial charge in [-0.3, -0.25) is 14.9 Å². The van der Waals surface area contributed by atoms with Crippen molar-refractivity contribution in [2.75, 3.05) is 19.6 Å². The molecule has 2 saturated heterocycles. The predicted molar refractivity (Wildman–Crippen MR) is 96.2 cm³/mol. The molecule has 3 heterocycles. The fourth-order valence-electron chi connectivity index (χ4n) is 3.72. The van der Waals surface area contributed by atoms with Crippen LogP contribution in [0.25, 0.3) is 0 Å². The Bertz CT molecular complexity index is 678. The summed E-state index contributed by atoms with van der Waals surface area (Å²) in [6.45, 7) is 11.4. The van der Waals surface area contributed by atoms with E-state index in [4.69, 9.17) is 0 Å². The molecule has 0 bridgehead atoms. The van der Waals surface area contributed by atoms with Crippen LogP contribution in [-0.4, -0.2) is 62.5 Å². The molecule has 2 aliphatic heterocycles. The summed E-state index contributed by atoms with van der Waals surface area (Å²) in [7, 11) is 0. The summed E-state index contributed by atoms with van der Waals surface area (Å²) in [6.07, 6.45) is 3.20. The average molecular weight is 363 g/mol. The molecule has 1 atom stereocenters. The number of hydrogen-bond acceptors (Lipinski definition) is 6. The molecule has 1 spiro atoms. The monoisotopic (exact) mass is 363 g/mol. The number of piperidine rings is 1. The normalized spacial score (nSPS) is 22.9. The number of nitrogens with one attached hydrogen (secondary N) is 1. The van der Waals surface area contributed by atoms with Crippen LogP contribution in [0.4, 0.5) is 0 Å². The summed E-state index contributed by atoms with van der Waals surface area (Å²) >= 11 is 1.14. The second kappa shape index (κ2) is 6.84. The van der Waals surface area contributed by atoms with Crippen molar-refractivity contribution >= 4 is 23.3 Å². The number of rotatable bonds is 4. The molecule has 1 aromatic rings. The zero-order valence-electron chi connectivity index (χ0n) is 15.0. The van der Waals surface area contributed by atoms with Crippen LogP contribution in [0.3, 0.4) is 0 Å². The van der Waals surface area contributed by atoms with Gasteiger partial charge in [0.25, 0.3) is 5.91 Å². The average Bonchev–Trinajstić information content (AvgIpc) is 3.12. The molecule has 136 valence electrons. The van der Waals surface area contributed by atoms with Gasteiger partial charge in [0.2, 0.25) is 5.91 Å². The predicted octanol–water partition coefficient (Wildman–Crippen LogP) is 1.42. The minimum absolute atomic E-state index is 0.0117. The number of aromatic nitrogens is 2. The van der Waals surface area contributed by atoms with Gasteiger partial charge in [0.1, 0.15) is 4.88 Å². The van der Waals surface area contributed by atoms with Crippen LogP contribution in [-0.2, 0) is 4.79 Å². The van der Waals surface area contributed by atoms with Crippen molar-refractivity contribution in [3.8, 4) is 0 Å². The summed E-state index contributed by atoms with van der Waals surface area (Å²) in [5.41, 5.74) is 0.301. The molecular weight excluding hydrogens is 338 g/mol. The highest BCUT2D eigenvalue weighted by molar-refractivity contribution is 7.07. The summed E-state index contributed by atoms with van der Waals surface area (Å²) in [4.78, 5) is 29.8. The first kappa shape index (κ1) is 18.0. The summed E-state index contributed by atoms with van der Waals surface area (Å²) in [5, 5.41) is 7.49. The third-order valence-electron chi connectivity index (χ3n) is 5.17. The van der Waals surface area contributed by atoms with Crippen molar-refractivity contribution in [3.05, 3.63) is 23.2 Å². The Hall–Kier alpha value is -1.80. The minimum atomic E-state index is -0.377. The molecule has 2 fully saturated rings. The number of likely N-dealkylation sites (tertiary alicyclic amines) is 1. The molecule has 1 N–H and O–H groups in total. The van der Waals surface area contributed by atoms with Crippen LogP contribution in [0.1, 0.15) is 42.1 Å². The fraction of sp³-hybridized carbons (Fsp3) is 0.647. The third-order valence-corrected chi connectivity index (χ3v) is 5.99. The Labute approximate surface area is 152 Å². The maximum Gasteiger partial charge on any atom is 0.267 e. The highest BCUT2D eigenvalue weighted by atomic mass is 32.1. The van der Waals surface area contributed by atoms with Gasteiger partial charge in [-0.1, -0.05) is 24.4 Å². The third kappa shape index (κ3) is 3.08. The molecule has 3 rings (SSSR count). The molecule has 0 aromatic carbocycles. The van der Waals surface area contributed by atoms with Gasteiger partial charge in [0.05, 0.1) is 17.4 Å². The largest absolute Gasteiger partial charge is 0.338 e. The number of hydrogen-bond donors (Lipinski definition) is 1. The molecule has 0 aliphatic carbocycles. The van der Waals surface area contributed by atoms with Crippen molar-refractivity contribution in [3.63, 3.8) is 0 Å². The van der Waals surface area contributed by atoms with Gasteiger partial charge in [0, 0.05) is 32.5 Å². The van der Waals surface area contributed by atoms with Crippen LogP contribution >= 0.6 is 11.5 Å². The Morgan fingerprint density at radius 3 is 2.68 bits per heavy atom. The Morgan fingerprint density at radius 2 is 2.16 bits per heavy atom. The zero-order valence-corrected chi connectivity index (χ0v) is 15.8. The molecule has 0 saturated carbocycles. The van der Waals surface area contributed by atoms with E-state index in [1.807, 2.05) is 9.80 Å². The number of carbonyl (C=O) groups excluding carboxylic acids is 2. The van der Waals surface area contributed by atoms with E-state index in [1.54, 1.807) is 13.0 Å². The van der Waals surface area contributed by atoms with E-state index in [9.17, 15) is 9.59 Å². The molecule has 8 heteroatoms. The van der Waals surface area contributed by atoms with E-state index < -0.39 is 0 Å². The van der Waals surface area contributed by atoms with Gasteiger partial charge >= 0.3 is 0 Å². The lowest BCUT2D eigenvalue weighted by Crippen LogP contribution is -2.59. The number of amides is 2. The lowest BCUT2D eigenvalue weighted by atomic mass is 9.95. The molecule has 0 radical (unpaired) electrons. The van der Waals surface area contributed by atoms with Crippen molar-refractivity contribution < 1.29 is 9.59 Å². The molecule has 1 aromatic heterocycles. The Balaban J connectivity index is 1.75. The highest BCUT2D eigenvalue weighted by Crippen LogP contribution is 2.34. The van der Waals surface area contributed by atoms with Gasteiger partial charge in [-0.05, 0) is 24.4 Å². The second-order valence-corrected chi connectivity index (χ2v) is 7.87. The van der Waals surface area contributed by atoms with Crippen molar-refractivity contribution in [2.24, 2.45) is 5.92 Å². The molecule has 7 nitrogen and oxygen atoms in total. The minimum Gasteiger partial charge on any atom is -0.338 e. The number of aryl methyl sites for hydroxylation is 1. The van der Waals surface area contributed by atoms with Crippen LogP contribution in [0.15, 0.2) is 12.7 Å². The van der Waals surface area contributed by atoms with Crippen molar-refractivity contribution in [2.45, 2.75) is 45.3 Å². The summed E-state index contributed by atoms with van der Waals surface area (Å²) in [6, 6.07) is -0.171. The number of nitrogens with zero attached hydrogens (tertiary/aromatic N) is 4. The summed E-state index contributed by atoms with van der Waals surface area (Å²) < 4.78 is 3.85. The molecule has 2 aliphatic rings. The fourth-order valence-corrected chi connectivity index (χ4v) is 4.34. The quantitative estimate of drug-likeness (QED) is 0.819. The summed E-state index contributed by atoms with van der Waals surface area (Å²) in [5.74, 6) is 0.351. The maximum atomic E-state index is 12.8. The van der Waals surface area contributed by atoms with Crippen molar-refractivity contribution in [1.29, 1.82) is 0 Å². The lowest BCUT2D eigenvalue weighted by molar-refractivity contribution is -0.133. The van der Waals surface area contributed by atoms with E-state index in [-0.39, 0.29) is 29.4 Å². The highest BCUT2D eigenvalue weighted by Gasteiger charge is 2.52. The van der Waals surface area contributed by atoms with E-state index in [1.165, 1.54) is 0 Å². The second-order valence-electron chi connectivity index (χ2n) is 7.11. The first-order chi connectivity index (χ1) is 11.9. The van der Waals surface area contributed by atoms with Crippen LogP contribution in [0.5, 0.6) is 0 Å². The first-order valence-electron chi connectivity index (χ1n) is 8.68. The van der Waals surface area contributed by atoms with Gasteiger partial charge < -0.3 is 9.80 Å². The topological polar surface area (TPSA) is 78.4 Å². The van der Waals surface area contributed by atoms with Crippen LogP contribution in [0.2, 0.25) is 0 Å². The van der Waals surface area contributed by atoms with Gasteiger partial charge in [0.15, 0.2) is 0 Å². The molecular formula is C17H25N5O2S. The van der Waals surface area contributed by atoms with Gasteiger partial charge in [-0.2, -0.15) is 0 Å². The first-order valence-corrected chi connectivity index (χ1v) is 9.45. The Kier molecular flexibility index (Phi) is 4.92. The van der Waals surface area contributed by atoms with E-state index >= 15 is 0 Å². The number of carbonyl (C=O) groups is 2. The standard InChI is InChI=1S/C17H25N5O2S/c1-5-8-22-15(23)13(11(2)3)18-17(22)6-9-21(10-7-17)16(24)14-12(4)19-20-25-14/h5,11,13,18H,1,6-10H2,2-4H3. The van der Waals surface area contributed by atoms with E-state index in [0.29, 0.717) is 43.0 Å². The molecule has 1 unspecified atom stereocenters. The zero-order chi connectivity index (χ0) is 18.2. The van der Waals surface area contributed by atoms with Gasteiger partial charge in [-0.15, -0.1) is 11.7 Å². The SMILES string of the molecule is C=CCN1C(=O)C(C(C)C)NC12CCN(C(=O)c1snnc1C)CC2. The Morgan fingerprint density at radius 1 is 1.48 bits per heavy atom. The van der Waals surface area contributed by atoms with E-state index in [0.717, 1.165) is 11.5 Å². The molecule has 2 amide bonds. The van der Waals surface area contributed by atoms with Gasteiger partial charge in [-0.25, -0.2) is 0 Å². The van der Waals surface area contributed by atoms with Crippen LogP contribution in [0, 0.1) is 12.8 Å². The maximum absolute atomic E-state index is 12.8. The smallest absolute Gasteiger partial charge is 0.267 e. The van der Waals surface area contributed by atoms with Crippen molar-refractivity contribution in [1.82, 2.24) is 24.7 Å². The van der Waals surface area contributed by atoms with E-state index in [2.05, 4.69) is 35.3 Å². The van der Waals surface area contributed by atoms with Crippen LogP contribution < -0.4 is 5.32 Å². The molecule has 25 heavy (non-hydrogen) atoms.